The van der Waals surface area contributed by atoms with E-state index in [9.17, 15) is 0 Å². The van der Waals surface area contributed by atoms with E-state index in [0.29, 0.717) is 13.6 Å². The summed E-state index contributed by atoms with van der Waals surface area (Å²) in [6.07, 6.45) is 12.5. The van der Waals surface area contributed by atoms with Crippen LogP contribution < -0.4 is 24.8 Å². The van der Waals surface area contributed by atoms with E-state index in [1.165, 1.54) is 22.3 Å². The smallest absolute Gasteiger partial charge is 1.00 e. The summed E-state index contributed by atoms with van der Waals surface area (Å²) in [6.45, 7) is 9.38. The summed E-state index contributed by atoms with van der Waals surface area (Å²) >= 11 is 8.82. The molecule has 6 rings (SSSR count). The van der Waals surface area contributed by atoms with Crippen molar-refractivity contribution in [2.75, 3.05) is 13.6 Å². The van der Waals surface area contributed by atoms with Crippen molar-refractivity contribution in [2.45, 2.75) is 39.8 Å². The fraction of sp³-hybridized carbons (Fsp3) is 0.333. The van der Waals surface area contributed by atoms with Crippen molar-refractivity contribution in [3.8, 4) is 0 Å². The summed E-state index contributed by atoms with van der Waals surface area (Å²) in [4.78, 5) is 0. The van der Waals surface area contributed by atoms with Gasteiger partial charge in [-0.2, -0.15) is 45.6 Å². The maximum Gasteiger partial charge on any atom is -1.00 e. The number of rotatable bonds is 0. The molecule has 2 heterocycles. The van der Waals surface area contributed by atoms with Gasteiger partial charge in [0.15, 0.2) is 11.5 Å². The number of allylic oxidation sites excluding steroid dienone is 12. The number of ether oxygens (including phenoxy) is 4. The topological polar surface area (TPSA) is 36.9 Å². The van der Waals surface area contributed by atoms with Gasteiger partial charge in [0.2, 0.25) is 13.6 Å². The van der Waals surface area contributed by atoms with Crippen LogP contribution in [0.15, 0.2) is 77.6 Å². The zero-order valence-corrected chi connectivity index (χ0v) is 27.3. The molecular formula is C24H22Br2Cl2O4SiZr-2. The number of hydrogen-bond acceptors (Lipinski definition) is 4. The van der Waals surface area contributed by atoms with Crippen LogP contribution in [0.2, 0.25) is 13.1 Å². The molecule has 0 spiro atoms. The van der Waals surface area contributed by atoms with E-state index in [-0.39, 0.29) is 30.2 Å². The molecule has 0 aromatic heterocycles. The summed E-state index contributed by atoms with van der Waals surface area (Å²) < 4.78 is 23.5. The third-order valence-electron chi connectivity index (χ3n) is 4.99. The predicted molar refractivity (Wildman–Crippen MR) is 128 cm³/mol. The Balaban J connectivity index is 0.000000198. The van der Waals surface area contributed by atoms with Crippen LogP contribution in [0.1, 0.15) is 26.7 Å². The van der Waals surface area contributed by atoms with Gasteiger partial charge in [-0.15, -0.1) is 0 Å². The minimum atomic E-state index is 0. The van der Waals surface area contributed by atoms with E-state index >= 15 is 0 Å². The quantitative estimate of drug-likeness (QED) is 0.273. The van der Waals surface area contributed by atoms with Gasteiger partial charge < -0.3 is 43.8 Å². The van der Waals surface area contributed by atoms with E-state index in [2.05, 4.69) is 69.3 Å². The molecule has 2 aliphatic heterocycles. The van der Waals surface area contributed by atoms with Crippen molar-refractivity contribution in [2.24, 2.45) is 0 Å². The zero-order valence-electron chi connectivity index (χ0n) is 19.1. The van der Waals surface area contributed by atoms with Gasteiger partial charge in [0.1, 0.15) is 11.5 Å². The second-order valence-electron chi connectivity index (χ2n) is 7.99. The first-order valence-electron chi connectivity index (χ1n) is 10.2. The monoisotopic (exact) mass is 720 g/mol. The molecule has 0 saturated heterocycles. The summed E-state index contributed by atoms with van der Waals surface area (Å²) in [5.74, 6) is 3.56. The average molecular weight is 724 g/mol. The molecule has 0 saturated carbocycles. The van der Waals surface area contributed by atoms with E-state index in [0.717, 1.165) is 56.0 Å². The fourth-order valence-electron chi connectivity index (χ4n) is 3.77. The maximum absolute atomic E-state index is 5.39. The van der Waals surface area contributed by atoms with Crippen LogP contribution in [0, 0.1) is 12.2 Å². The van der Waals surface area contributed by atoms with Gasteiger partial charge in [0, 0.05) is 21.8 Å². The van der Waals surface area contributed by atoms with Crippen LogP contribution in [-0.4, -0.2) is 19.0 Å². The molecule has 0 unspecified atom stereocenters. The molecule has 4 aliphatic carbocycles. The molecule has 0 amide bonds. The second kappa shape index (κ2) is 12.8. The molecule has 0 bridgehead atoms. The van der Waals surface area contributed by atoms with E-state index in [1.807, 2.05) is 13.8 Å². The number of fused-ring (bicyclic) bond motifs is 2. The van der Waals surface area contributed by atoms with Crippen LogP contribution in [0.25, 0.3) is 0 Å². The molecule has 180 valence electrons. The Hall–Kier alpha value is -0.240. The Labute approximate surface area is 245 Å². The van der Waals surface area contributed by atoms with Gasteiger partial charge in [-0.05, 0) is 0 Å². The van der Waals surface area contributed by atoms with Crippen molar-refractivity contribution >= 4 is 37.3 Å². The fourth-order valence-corrected chi connectivity index (χ4v) is 5.15. The molecule has 6 aliphatic rings. The first-order chi connectivity index (χ1) is 15.2. The van der Waals surface area contributed by atoms with Gasteiger partial charge in [-0.25, -0.2) is 12.2 Å². The van der Waals surface area contributed by atoms with Crippen LogP contribution in [0.5, 0.6) is 0 Å². The van der Waals surface area contributed by atoms with Crippen molar-refractivity contribution < 1.29 is 67.1 Å². The van der Waals surface area contributed by atoms with Crippen molar-refractivity contribution in [3.63, 3.8) is 0 Å². The Morgan fingerprint density at radius 1 is 0.765 bits per heavy atom. The number of halogens is 4. The average Bonchev–Trinajstić information content (AvgIpc) is 3.48. The third-order valence-corrected chi connectivity index (χ3v) is 6.57. The Morgan fingerprint density at radius 2 is 1.12 bits per heavy atom. The molecular weight excluding hydrogens is 702 g/mol. The number of hydrogen-bond donors (Lipinski definition) is 0. The summed E-state index contributed by atoms with van der Waals surface area (Å²) in [5, 5.41) is 0. The van der Waals surface area contributed by atoms with E-state index < -0.39 is 0 Å². The van der Waals surface area contributed by atoms with Crippen molar-refractivity contribution in [1.82, 2.24) is 0 Å². The van der Waals surface area contributed by atoms with Gasteiger partial charge in [0.05, 0.1) is 0 Å². The molecule has 0 aromatic rings. The van der Waals surface area contributed by atoms with Gasteiger partial charge in [0.25, 0.3) is 0 Å². The van der Waals surface area contributed by atoms with Crippen molar-refractivity contribution in [3.05, 3.63) is 89.7 Å². The van der Waals surface area contributed by atoms with Gasteiger partial charge >= 0.3 is 41.9 Å². The van der Waals surface area contributed by atoms with Gasteiger partial charge in [-0.1, -0.05) is 45.7 Å². The molecule has 4 nitrogen and oxygen atoms in total. The predicted octanol–water partition coefficient (Wildman–Crippen LogP) is 0.681. The second-order valence-corrected chi connectivity index (χ2v) is 18.9. The summed E-state index contributed by atoms with van der Waals surface area (Å²) in [5.41, 5.74) is 7.29. The van der Waals surface area contributed by atoms with Crippen LogP contribution >= 0.6 is 31.9 Å². The minimum absolute atomic E-state index is 0. The molecule has 0 radical (unpaired) electrons. The summed E-state index contributed by atoms with van der Waals surface area (Å²) in [6, 6.07) is 0. The first-order valence-corrected chi connectivity index (χ1v) is 17.9. The van der Waals surface area contributed by atoms with Crippen LogP contribution in [0.3, 0.4) is 0 Å². The molecule has 34 heavy (non-hydrogen) atoms. The van der Waals surface area contributed by atoms with E-state index in [4.69, 9.17) is 18.9 Å². The van der Waals surface area contributed by atoms with Crippen LogP contribution in [-0.2, 0) is 42.3 Å². The molecule has 0 atom stereocenters. The Bertz CT molecular complexity index is 1070. The largest absolute Gasteiger partial charge is 1.00 e. The molecule has 0 aromatic carbocycles. The Kier molecular flexibility index (Phi) is 11.3. The minimum Gasteiger partial charge on any atom is -1.00 e. The normalized spacial score (nSPS) is 20.5. The van der Waals surface area contributed by atoms with E-state index in [1.54, 1.807) is 23.3 Å². The third kappa shape index (κ3) is 6.54. The standard InChI is InChI=1S/2C11H8BrO2.C2H6Si.2ClH.Zr/c2*1-6-2-7-4-9-11(14-5-13-9)10(12)8(7)3-6;1-3-2;;;/h2*3H,4-5H2,1H3;1-2H3;2*1H;/q2*-1;;;;+2/p-2. The van der Waals surface area contributed by atoms with Crippen LogP contribution in [0.4, 0.5) is 0 Å². The SMILES string of the molecule is CC1=CC2=C(Br)C3=C(CC2=[C-]1)OCO3.CC1=CC2=C(Br)C3=C(CC2=[C-]1)OCO3.C[Si](C)=[Zr+2].[Cl-].[Cl-]. The van der Waals surface area contributed by atoms with Crippen molar-refractivity contribution in [1.29, 1.82) is 0 Å². The maximum atomic E-state index is 5.39. The summed E-state index contributed by atoms with van der Waals surface area (Å²) in [7, 11) is 0. The Morgan fingerprint density at radius 3 is 1.47 bits per heavy atom. The molecule has 0 N–H and O–H groups in total. The molecule has 10 heteroatoms. The molecule has 0 fully saturated rings. The van der Waals surface area contributed by atoms with Gasteiger partial charge in [-0.3, -0.25) is 0 Å². The zero-order chi connectivity index (χ0) is 23.0. The first kappa shape index (κ1) is 30.0.